The van der Waals surface area contributed by atoms with Gasteiger partial charge in [-0.3, -0.25) is 10.3 Å². The predicted molar refractivity (Wildman–Crippen MR) is 101 cm³/mol. The van der Waals surface area contributed by atoms with Gasteiger partial charge in [0, 0.05) is 23.3 Å². The Balaban J connectivity index is 1.44. The number of thiazole rings is 1. The van der Waals surface area contributed by atoms with Gasteiger partial charge < -0.3 is 10.4 Å². The number of benzene rings is 1. The zero-order chi connectivity index (χ0) is 17.9. The van der Waals surface area contributed by atoms with Gasteiger partial charge in [0.15, 0.2) is 5.13 Å². The molecule has 2 heterocycles. The lowest BCUT2D eigenvalue weighted by Crippen LogP contribution is -2.34. The van der Waals surface area contributed by atoms with E-state index in [1.807, 2.05) is 29.6 Å². The number of carbonyl (C=O) groups excluding carboxylic acids is 1. The largest absolute Gasteiger partial charge is 0.508 e. The highest BCUT2D eigenvalue weighted by molar-refractivity contribution is 7.14. The average Bonchev–Trinajstić information content (AvgIpc) is 3.12. The number of urea groups is 1. The molecule has 6 nitrogen and oxygen atoms in total. The Kier molecular flexibility index (Phi) is 4.53. The molecule has 7 heteroatoms. The molecule has 1 aromatic carbocycles. The summed E-state index contributed by atoms with van der Waals surface area (Å²) in [5, 5.41) is 18.2. The van der Waals surface area contributed by atoms with Crippen molar-refractivity contribution in [3.8, 4) is 17.0 Å². The van der Waals surface area contributed by atoms with Gasteiger partial charge >= 0.3 is 6.03 Å². The first kappa shape index (κ1) is 16.5. The van der Waals surface area contributed by atoms with Crippen LogP contribution in [0.3, 0.4) is 0 Å². The first-order chi connectivity index (χ1) is 12.7. The zero-order valence-corrected chi connectivity index (χ0v) is 14.8. The quantitative estimate of drug-likeness (QED) is 0.651. The number of amides is 2. The summed E-state index contributed by atoms with van der Waals surface area (Å²) in [5.41, 5.74) is 3.61. The van der Waals surface area contributed by atoms with Crippen LogP contribution in [0, 0.1) is 0 Å². The molecule has 1 aliphatic carbocycles. The summed E-state index contributed by atoms with van der Waals surface area (Å²) in [5.74, 6) is 0.301. The van der Waals surface area contributed by atoms with Gasteiger partial charge in [-0.05, 0) is 48.6 Å². The standard InChI is InChI=1S/C19H18N4O2S/c24-17-8-2-5-13-14(17)6-1-7-15(13)21-18(25)23-19-22-16(11-26-19)12-4-3-9-20-10-12/h2-5,8-11,15,24H,1,6-7H2,(H2,21,22,23,25). The molecule has 1 aliphatic rings. The highest BCUT2D eigenvalue weighted by atomic mass is 32.1. The summed E-state index contributed by atoms with van der Waals surface area (Å²) in [6.45, 7) is 0. The molecule has 2 aromatic heterocycles. The van der Waals surface area contributed by atoms with E-state index in [1.165, 1.54) is 11.3 Å². The summed E-state index contributed by atoms with van der Waals surface area (Å²) in [6, 6.07) is 8.84. The first-order valence-corrected chi connectivity index (χ1v) is 9.33. The number of phenols is 1. The number of pyridine rings is 1. The Hall–Kier alpha value is -2.93. The summed E-state index contributed by atoms with van der Waals surface area (Å²) in [4.78, 5) is 20.9. The molecule has 0 bridgehead atoms. The van der Waals surface area contributed by atoms with Crippen molar-refractivity contribution in [2.75, 3.05) is 5.32 Å². The maximum absolute atomic E-state index is 12.4. The first-order valence-electron chi connectivity index (χ1n) is 8.45. The van der Waals surface area contributed by atoms with Crippen LogP contribution in [0.1, 0.15) is 30.0 Å². The van der Waals surface area contributed by atoms with Crippen LogP contribution >= 0.6 is 11.3 Å². The molecule has 1 atom stereocenters. The van der Waals surface area contributed by atoms with Crippen LogP contribution in [0.5, 0.6) is 5.75 Å². The van der Waals surface area contributed by atoms with Crippen molar-refractivity contribution in [3.05, 3.63) is 59.2 Å². The predicted octanol–water partition coefficient (Wildman–Crippen LogP) is 4.11. The summed E-state index contributed by atoms with van der Waals surface area (Å²) in [6.07, 6.45) is 6.07. The van der Waals surface area contributed by atoms with E-state index in [2.05, 4.69) is 20.6 Å². The minimum Gasteiger partial charge on any atom is -0.508 e. The lowest BCUT2D eigenvalue weighted by molar-refractivity contribution is 0.247. The number of rotatable bonds is 3. The molecular formula is C19H18N4O2S. The van der Waals surface area contributed by atoms with E-state index in [4.69, 9.17) is 0 Å². The molecule has 4 rings (SSSR count). The number of nitrogens with one attached hydrogen (secondary N) is 2. The van der Waals surface area contributed by atoms with Crippen molar-refractivity contribution in [1.82, 2.24) is 15.3 Å². The third-order valence-electron chi connectivity index (χ3n) is 4.47. The van der Waals surface area contributed by atoms with Crippen molar-refractivity contribution in [2.45, 2.75) is 25.3 Å². The third-order valence-corrected chi connectivity index (χ3v) is 5.23. The number of carbonyl (C=O) groups is 1. The zero-order valence-electron chi connectivity index (χ0n) is 14.0. The van der Waals surface area contributed by atoms with Crippen molar-refractivity contribution in [3.63, 3.8) is 0 Å². The van der Waals surface area contributed by atoms with Crippen LogP contribution in [0.4, 0.5) is 9.93 Å². The molecule has 2 amide bonds. The van der Waals surface area contributed by atoms with Gasteiger partial charge in [-0.15, -0.1) is 11.3 Å². The van der Waals surface area contributed by atoms with Crippen LogP contribution in [0.25, 0.3) is 11.3 Å². The molecule has 0 radical (unpaired) electrons. The van der Waals surface area contributed by atoms with Gasteiger partial charge in [-0.25, -0.2) is 9.78 Å². The van der Waals surface area contributed by atoms with Crippen LogP contribution in [-0.4, -0.2) is 21.1 Å². The number of hydrogen-bond donors (Lipinski definition) is 3. The van der Waals surface area contributed by atoms with E-state index in [-0.39, 0.29) is 12.1 Å². The number of aromatic nitrogens is 2. The van der Waals surface area contributed by atoms with E-state index in [0.29, 0.717) is 10.9 Å². The van der Waals surface area contributed by atoms with Gasteiger partial charge in [-0.1, -0.05) is 12.1 Å². The Morgan fingerprint density at radius 1 is 1.27 bits per heavy atom. The second-order valence-electron chi connectivity index (χ2n) is 6.17. The average molecular weight is 366 g/mol. The molecule has 0 fully saturated rings. The van der Waals surface area contributed by atoms with Gasteiger partial charge in [0.25, 0.3) is 0 Å². The minimum atomic E-state index is -0.293. The van der Waals surface area contributed by atoms with E-state index in [1.54, 1.807) is 18.5 Å². The highest BCUT2D eigenvalue weighted by Crippen LogP contribution is 2.34. The normalized spacial score (nSPS) is 15.9. The number of hydrogen-bond acceptors (Lipinski definition) is 5. The number of phenolic OH excluding ortho intramolecular Hbond substituents is 1. The summed E-state index contributed by atoms with van der Waals surface area (Å²) in [7, 11) is 0. The molecule has 0 aliphatic heterocycles. The van der Waals surface area contributed by atoms with E-state index in [9.17, 15) is 9.90 Å². The van der Waals surface area contributed by atoms with Crippen LogP contribution in [0.15, 0.2) is 48.1 Å². The maximum atomic E-state index is 12.4. The Morgan fingerprint density at radius 3 is 3.04 bits per heavy atom. The highest BCUT2D eigenvalue weighted by Gasteiger charge is 2.23. The molecule has 0 saturated carbocycles. The maximum Gasteiger partial charge on any atom is 0.321 e. The van der Waals surface area contributed by atoms with Gasteiger partial charge in [-0.2, -0.15) is 0 Å². The smallest absolute Gasteiger partial charge is 0.321 e. The van der Waals surface area contributed by atoms with Crippen molar-refractivity contribution < 1.29 is 9.90 Å². The van der Waals surface area contributed by atoms with Gasteiger partial charge in [0.1, 0.15) is 5.75 Å². The van der Waals surface area contributed by atoms with Crippen molar-refractivity contribution in [1.29, 1.82) is 0 Å². The Labute approximate surface area is 154 Å². The topological polar surface area (TPSA) is 87.1 Å². The van der Waals surface area contributed by atoms with Crippen LogP contribution in [-0.2, 0) is 6.42 Å². The fraction of sp³-hybridized carbons (Fsp3) is 0.211. The third kappa shape index (κ3) is 3.39. The lowest BCUT2D eigenvalue weighted by atomic mass is 9.87. The number of fused-ring (bicyclic) bond motifs is 1. The number of nitrogens with zero attached hydrogens (tertiary/aromatic N) is 2. The van der Waals surface area contributed by atoms with Crippen molar-refractivity contribution in [2.24, 2.45) is 0 Å². The van der Waals surface area contributed by atoms with E-state index >= 15 is 0 Å². The molecule has 132 valence electrons. The molecule has 3 N–H and O–H groups in total. The lowest BCUT2D eigenvalue weighted by Gasteiger charge is -2.26. The van der Waals surface area contributed by atoms with Gasteiger partial charge in [0.05, 0.1) is 11.7 Å². The van der Waals surface area contributed by atoms with Crippen LogP contribution in [0.2, 0.25) is 0 Å². The fourth-order valence-corrected chi connectivity index (χ4v) is 3.96. The number of aromatic hydroxyl groups is 1. The second-order valence-corrected chi connectivity index (χ2v) is 7.03. The second kappa shape index (κ2) is 7.13. The monoisotopic (exact) mass is 366 g/mol. The Morgan fingerprint density at radius 2 is 2.19 bits per heavy atom. The number of anilines is 1. The minimum absolute atomic E-state index is 0.108. The molecule has 26 heavy (non-hydrogen) atoms. The molecule has 0 saturated heterocycles. The van der Waals surface area contributed by atoms with Gasteiger partial charge in [0.2, 0.25) is 0 Å². The molecule has 3 aromatic rings. The Bertz CT molecular complexity index is 926. The summed E-state index contributed by atoms with van der Waals surface area (Å²) >= 11 is 1.37. The van der Waals surface area contributed by atoms with Crippen molar-refractivity contribution >= 4 is 22.5 Å². The molecular weight excluding hydrogens is 348 g/mol. The fourth-order valence-electron chi connectivity index (χ4n) is 3.25. The van der Waals surface area contributed by atoms with Crippen LogP contribution < -0.4 is 10.6 Å². The SMILES string of the molecule is O=C(Nc1nc(-c2cccnc2)cs1)NC1CCCc2c(O)cccc21. The molecule has 1 unspecified atom stereocenters. The summed E-state index contributed by atoms with van der Waals surface area (Å²) < 4.78 is 0. The van der Waals surface area contributed by atoms with E-state index < -0.39 is 0 Å². The van der Waals surface area contributed by atoms with E-state index in [0.717, 1.165) is 41.6 Å². The molecule has 0 spiro atoms.